The number of ether oxygens (including phenoxy) is 3. The van der Waals surface area contributed by atoms with Crippen LogP contribution in [0.3, 0.4) is 0 Å². The van der Waals surface area contributed by atoms with Gasteiger partial charge >= 0.3 is 6.09 Å². The summed E-state index contributed by atoms with van der Waals surface area (Å²) in [6, 6.07) is 16.7. The van der Waals surface area contributed by atoms with Crippen LogP contribution in [0.5, 0.6) is 0 Å². The number of nitrogens with zero attached hydrogens (tertiary/aromatic N) is 1. The largest absolute Gasteiger partial charge is 0.448 e. The molecule has 204 valence electrons. The Morgan fingerprint density at radius 2 is 1.22 bits per heavy atom. The first-order valence-corrected chi connectivity index (χ1v) is 14.4. The van der Waals surface area contributed by atoms with Crippen molar-refractivity contribution in [1.29, 1.82) is 0 Å². The maximum absolute atomic E-state index is 12.5. The molecule has 0 N–H and O–H groups in total. The molecule has 1 amide bonds. The lowest BCUT2D eigenvalue weighted by molar-refractivity contribution is 0.0371. The van der Waals surface area contributed by atoms with Gasteiger partial charge in [-0.1, -0.05) is 113 Å². The summed E-state index contributed by atoms with van der Waals surface area (Å²) in [5.41, 5.74) is 4.91. The first-order valence-electron chi connectivity index (χ1n) is 14.4. The Hall–Kier alpha value is -2.37. The summed E-state index contributed by atoms with van der Waals surface area (Å²) in [6.45, 7) is 5.53. The fourth-order valence-corrected chi connectivity index (χ4v) is 5.01. The molecule has 2 aromatic rings. The number of benzene rings is 2. The molecule has 5 nitrogen and oxygen atoms in total. The van der Waals surface area contributed by atoms with Crippen LogP contribution in [-0.4, -0.2) is 57.6 Å². The average molecular weight is 510 g/mol. The van der Waals surface area contributed by atoms with E-state index >= 15 is 0 Å². The van der Waals surface area contributed by atoms with Crippen LogP contribution in [0.15, 0.2) is 48.5 Å². The quantitative estimate of drug-likeness (QED) is 0.181. The molecule has 5 heteroatoms. The summed E-state index contributed by atoms with van der Waals surface area (Å²) in [6.07, 6.45) is 13.0. The Morgan fingerprint density at radius 3 is 1.81 bits per heavy atom. The molecule has 0 saturated carbocycles. The van der Waals surface area contributed by atoms with E-state index in [0.29, 0.717) is 33.0 Å². The molecule has 0 saturated heterocycles. The summed E-state index contributed by atoms with van der Waals surface area (Å²) in [5.74, 6) is 0.0775. The van der Waals surface area contributed by atoms with Crippen molar-refractivity contribution in [3.63, 3.8) is 0 Å². The predicted octanol–water partition coefficient (Wildman–Crippen LogP) is 7.82. The normalized spacial score (nSPS) is 12.4. The van der Waals surface area contributed by atoms with E-state index in [4.69, 9.17) is 14.2 Å². The van der Waals surface area contributed by atoms with Crippen LogP contribution in [-0.2, 0) is 14.2 Å². The van der Waals surface area contributed by atoms with Gasteiger partial charge in [0.15, 0.2) is 0 Å². The second-order valence-corrected chi connectivity index (χ2v) is 10.1. The summed E-state index contributed by atoms with van der Waals surface area (Å²) in [7, 11) is 1.75. The van der Waals surface area contributed by atoms with Gasteiger partial charge in [0, 0.05) is 26.1 Å². The van der Waals surface area contributed by atoms with Crippen LogP contribution >= 0.6 is 0 Å². The van der Waals surface area contributed by atoms with Crippen LogP contribution in [0.25, 0.3) is 11.1 Å². The molecule has 0 atom stereocenters. The number of carbonyl (C=O) groups is 1. The Morgan fingerprint density at radius 1 is 0.703 bits per heavy atom. The van der Waals surface area contributed by atoms with Gasteiger partial charge < -0.3 is 19.1 Å². The third-order valence-electron chi connectivity index (χ3n) is 7.23. The molecule has 0 aliphatic heterocycles. The van der Waals surface area contributed by atoms with Gasteiger partial charge in [0.2, 0.25) is 0 Å². The number of carbonyl (C=O) groups excluding carboxylic acids is 1. The van der Waals surface area contributed by atoms with Crippen molar-refractivity contribution < 1.29 is 19.0 Å². The van der Waals surface area contributed by atoms with Crippen LogP contribution < -0.4 is 0 Å². The van der Waals surface area contributed by atoms with Gasteiger partial charge in [-0.05, 0) is 28.7 Å². The molecule has 1 aliphatic rings. The standard InChI is InChI=1S/C32H47NO4/c1-3-4-5-6-7-8-9-10-11-16-22-35-24-25-36-23-21-33(2)32(34)37-26-31-29-19-14-12-17-27(29)28-18-13-15-20-30(28)31/h12-15,17-20,31H,3-11,16,21-26H2,1-2H3. The summed E-state index contributed by atoms with van der Waals surface area (Å²) >= 11 is 0. The van der Waals surface area contributed by atoms with Gasteiger partial charge in [-0.2, -0.15) is 0 Å². The number of amides is 1. The highest BCUT2D eigenvalue weighted by Gasteiger charge is 2.29. The Balaban J connectivity index is 1.18. The Labute approximate surface area is 224 Å². The minimum atomic E-state index is -0.317. The highest BCUT2D eigenvalue weighted by molar-refractivity contribution is 5.79. The number of likely N-dealkylation sites (N-methyl/N-ethyl adjacent to an activating group) is 1. The van der Waals surface area contributed by atoms with E-state index in [1.165, 1.54) is 80.0 Å². The number of rotatable bonds is 19. The SMILES string of the molecule is CCCCCCCCCCCCOCCOCCN(C)C(=O)OCC1c2ccccc2-c2ccccc21. The smallest absolute Gasteiger partial charge is 0.409 e. The monoisotopic (exact) mass is 509 g/mol. The summed E-state index contributed by atoms with van der Waals surface area (Å²) in [4.78, 5) is 14.1. The van der Waals surface area contributed by atoms with Gasteiger partial charge in [0.1, 0.15) is 6.61 Å². The highest BCUT2D eigenvalue weighted by Crippen LogP contribution is 2.44. The molecule has 0 unspecified atom stereocenters. The zero-order valence-electron chi connectivity index (χ0n) is 23.1. The topological polar surface area (TPSA) is 48.0 Å². The minimum Gasteiger partial charge on any atom is -0.448 e. The lowest BCUT2D eigenvalue weighted by atomic mass is 9.98. The number of hydrogen-bond donors (Lipinski definition) is 0. The lowest BCUT2D eigenvalue weighted by Gasteiger charge is -2.19. The number of fused-ring (bicyclic) bond motifs is 3. The summed E-state index contributed by atoms with van der Waals surface area (Å²) in [5, 5.41) is 0. The molecule has 3 rings (SSSR count). The van der Waals surface area contributed by atoms with Crippen molar-refractivity contribution >= 4 is 6.09 Å². The van der Waals surface area contributed by atoms with Crippen LogP contribution in [0.2, 0.25) is 0 Å². The second-order valence-electron chi connectivity index (χ2n) is 10.1. The molecule has 1 aliphatic carbocycles. The van der Waals surface area contributed by atoms with Crippen molar-refractivity contribution in [3.8, 4) is 11.1 Å². The molecule has 2 aromatic carbocycles. The maximum atomic E-state index is 12.5. The summed E-state index contributed by atoms with van der Waals surface area (Å²) < 4.78 is 17.0. The van der Waals surface area contributed by atoms with Gasteiger partial charge in [0.05, 0.1) is 19.8 Å². The fourth-order valence-electron chi connectivity index (χ4n) is 5.01. The lowest BCUT2D eigenvalue weighted by Crippen LogP contribution is -2.32. The molecule has 0 aromatic heterocycles. The van der Waals surface area contributed by atoms with Gasteiger partial charge in [-0.15, -0.1) is 0 Å². The fraction of sp³-hybridized carbons (Fsp3) is 0.594. The van der Waals surface area contributed by atoms with Crippen molar-refractivity contribution in [2.24, 2.45) is 0 Å². The van der Waals surface area contributed by atoms with Crippen molar-refractivity contribution in [2.45, 2.75) is 77.0 Å². The molecular weight excluding hydrogens is 462 g/mol. The van der Waals surface area contributed by atoms with Gasteiger partial charge in [-0.3, -0.25) is 0 Å². The molecule has 0 radical (unpaired) electrons. The van der Waals surface area contributed by atoms with Gasteiger partial charge in [-0.25, -0.2) is 4.79 Å². The average Bonchev–Trinajstić information content (AvgIpc) is 3.25. The molecule has 0 spiro atoms. The van der Waals surface area contributed by atoms with E-state index in [-0.39, 0.29) is 12.0 Å². The molecule has 0 heterocycles. The van der Waals surface area contributed by atoms with E-state index in [9.17, 15) is 4.79 Å². The third kappa shape index (κ3) is 9.79. The van der Waals surface area contributed by atoms with Gasteiger partial charge in [0.25, 0.3) is 0 Å². The minimum absolute atomic E-state index is 0.0775. The van der Waals surface area contributed by atoms with Crippen LogP contribution in [0.1, 0.15) is 88.2 Å². The molecule has 0 fully saturated rings. The van der Waals surface area contributed by atoms with Crippen molar-refractivity contribution in [2.75, 3.05) is 46.6 Å². The molecular formula is C32H47NO4. The van der Waals surface area contributed by atoms with Crippen LogP contribution in [0, 0.1) is 0 Å². The third-order valence-corrected chi connectivity index (χ3v) is 7.23. The van der Waals surface area contributed by atoms with E-state index in [1.807, 2.05) is 12.1 Å². The van der Waals surface area contributed by atoms with Crippen molar-refractivity contribution in [1.82, 2.24) is 4.90 Å². The Bertz CT molecular complexity index is 870. The van der Waals surface area contributed by atoms with Crippen LogP contribution in [0.4, 0.5) is 4.79 Å². The molecule has 0 bridgehead atoms. The number of hydrogen-bond acceptors (Lipinski definition) is 4. The first kappa shape index (κ1) is 29.2. The van der Waals surface area contributed by atoms with Crippen molar-refractivity contribution in [3.05, 3.63) is 59.7 Å². The zero-order chi connectivity index (χ0) is 26.1. The Kier molecular flexibility index (Phi) is 13.6. The van der Waals surface area contributed by atoms with E-state index in [1.54, 1.807) is 11.9 Å². The first-order chi connectivity index (χ1) is 18.2. The van der Waals surface area contributed by atoms with E-state index in [2.05, 4.69) is 43.3 Å². The number of unbranched alkanes of at least 4 members (excludes halogenated alkanes) is 9. The second kappa shape index (κ2) is 17.2. The highest BCUT2D eigenvalue weighted by atomic mass is 16.6. The maximum Gasteiger partial charge on any atom is 0.409 e. The van der Waals surface area contributed by atoms with E-state index < -0.39 is 0 Å². The molecule has 37 heavy (non-hydrogen) atoms. The zero-order valence-corrected chi connectivity index (χ0v) is 23.1. The predicted molar refractivity (Wildman–Crippen MR) is 151 cm³/mol. The van der Waals surface area contributed by atoms with E-state index in [0.717, 1.165) is 13.0 Å².